The van der Waals surface area contributed by atoms with Gasteiger partial charge in [-0.15, -0.1) is 0 Å². The Kier molecular flexibility index (Phi) is 4.19. The summed E-state index contributed by atoms with van der Waals surface area (Å²) in [6.07, 6.45) is 1.17. The van der Waals surface area contributed by atoms with E-state index >= 15 is 0 Å². The molecule has 0 unspecified atom stereocenters. The van der Waals surface area contributed by atoms with Gasteiger partial charge in [0, 0.05) is 19.3 Å². The number of nitrogens with zero attached hydrogens (tertiary/aromatic N) is 3. The minimum absolute atomic E-state index is 0.131. The van der Waals surface area contributed by atoms with Crippen molar-refractivity contribution in [3.05, 3.63) is 0 Å². The lowest BCUT2D eigenvalue weighted by Crippen LogP contribution is -2.26. The van der Waals surface area contributed by atoms with Gasteiger partial charge in [0.25, 0.3) is 0 Å². The van der Waals surface area contributed by atoms with E-state index in [-0.39, 0.29) is 16.3 Å². The molecule has 0 aliphatic heterocycles. The molecule has 6 nitrogen and oxygen atoms in total. The molecule has 2 N–H and O–H groups in total. The van der Waals surface area contributed by atoms with E-state index in [4.69, 9.17) is 5.73 Å². The Morgan fingerprint density at radius 1 is 1.26 bits per heavy atom. The monoisotopic (exact) mass is 288 g/mol. The molecule has 19 heavy (non-hydrogen) atoms. The molecule has 1 heterocycles. The van der Waals surface area contributed by atoms with Crippen LogP contribution in [-0.2, 0) is 15.4 Å². The molecule has 0 fully saturated rings. The molecule has 0 amide bonds. The van der Waals surface area contributed by atoms with E-state index in [0.717, 1.165) is 0 Å². The van der Waals surface area contributed by atoms with Crippen molar-refractivity contribution >= 4 is 21.5 Å². The highest BCUT2D eigenvalue weighted by atomic mass is 32.2. The summed E-state index contributed by atoms with van der Waals surface area (Å²) in [6.45, 7) is 11.1. The van der Waals surface area contributed by atoms with Gasteiger partial charge in [-0.05, 0) is 34.6 Å². The molecule has 1 aromatic rings. The number of sulfone groups is 1. The fourth-order valence-corrected chi connectivity index (χ4v) is 2.97. The molecule has 0 atom stereocenters. The van der Waals surface area contributed by atoms with Crippen molar-refractivity contribution in [2.45, 2.75) is 45.1 Å². The molecule has 7 heteroatoms. The minimum atomic E-state index is -3.42. The molecule has 0 aliphatic rings. The third kappa shape index (κ3) is 3.02. The highest BCUT2D eigenvalue weighted by molar-refractivity contribution is 7.91. The summed E-state index contributed by atoms with van der Waals surface area (Å²) in [7, 11) is -3.42. The summed E-state index contributed by atoms with van der Waals surface area (Å²) in [5.41, 5.74) is 5.65. The highest BCUT2D eigenvalue weighted by Crippen LogP contribution is 2.33. The van der Waals surface area contributed by atoms with Crippen LogP contribution in [0.2, 0.25) is 0 Å². The maximum atomic E-state index is 12.0. The molecule has 0 bridgehead atoms. The number of anilines is 2. The summed E-state index contributed by atoms with van der Waals surface area (Å²) < 4.78 is 25.6. The van der Waals surface area contributed by atoms with Crippen molar-refractivity contribution in [2.24, 2.45) is 0 Å². The quantitative estimate of drug-likeness (QED) is 0.907. The zero-order valence-electron chi connectivity index (χ0n) is 12.6. The van der Waals surface area contributed by atoms with E-state index in [2.05, 4.69) is 5.10 Å². The third-order valence-electron chi connectivity index (χ3n) is 2.93. The molecule has 110 valence electrons. The largest absolute Gasteiger partial charge is 0.383 e. The average Bonchev–Trinajstić information content (AvgIpc) is 2.57. The van der Waals surface area contributed by atoms with E-state index in [1.54, 1.807) is 4.68 Å². The fraction of sp³-hybridized carbons (Fsp3) is 0.750. The van der Waals surface area contributed by atoms with Gasteiger partial charge in [0.2, 0.25) is 0 Å². The fourth-order valence-electron chi connectivity index (χ4n) is 2.00. The Hall–Kier alpha value is -1.24. The summed E-state index contributed by atoms with van der Waals surface area (Å²) >= 11 is 0. The first-order chi connectivity index (χ1) is 8.54. The van der Waals surface area contributed by atoms with Crippen LogP contribution in [0.25, 0.3) is 0 Å². The first kappa shape index (κ1) is 15.8. The Balaban J connectivity index is 3.63. The van der Waals surface area contributed by atoms with Gasteiger partial charge >= 0.3 is 0 Å². The number of nitrogens with two attached hydrogens (primary N) is 1. The molecular formula is C12H24N4O2S. The lowest BCUT2D eigenvalue weighted by Gasteiger charge is -2.21. The van der Waals surface area contributed by atoms with Gasteiger partial charge in [-0.3, -0.25) is 0 Å². The molecule has 1 rings (SSSR count). The smallest absolute Gasteiger partial charge is 0.182 e. The maximum absolute atomic E-state index is 12.0. The van der Waals surface area contributed by atoms with Gasteiger partial charge in [-0.2, -0.15) is 5.10 Å². The lowest BCUT2D eigenvalue weighted by atomic mass is 10.1. The number of nitrogen functional groups attached to an aromatic ring is 1. The molecule has 0 spiro atoms. The van der Waals surface area contributed by atoms with Crippen molar-refractivity contribution < 1.29 is 8.42 Å². The molecule has 0 saturated heterocycles. The second kappa shape index (κ2) is 5.03. The van der Waals surface area contributed by atoms with Crippen LogP contribution in [0.15, 0.2) is 4.90 Å². The van der Waals surface area contributed by atoms with Crippen molar-refractivity contribution in [2.75, 3.05) is 30.0 Å². The first-order valence-electron chi connectivity index (χ1n) is 6.38. The molecule has 0 aromatic carbocycles. The predicted molar refractivity (Wildman–Crippen MR) is 78.3 cm³/mol. The van der Waals surface area contributed by atoms with Crippen LogP contribution in [0.1, 0.15) is 34.6 Å². The van der Waals surface area contributed by atoms with Crippen LogP contribution in [-0.4, -0.2) is 37.5 Å². The second-order valence-corrected chi connectivity index (χ2v) is 7.52. The van der Waals surface area contributed by atoms with Gasteiger partial charge in [0.1, 0.15) is 5.82 Å². The Labute approximate surface area is 115 Å². The van der Waals surface area contributed by atoms with Crippen LogP contribution >= 0.6 is 0 Å². The SMILES string of the molecule is CCN(CC)c1nn(C(C)(C)C)c(N)c1S(C)(=O)=O. The zero-order valence-corrected chi connectivity index (χ0v) is 13.4. The summed E-state index contributed by atoms with van der Waals surface area (Å²) in [5.74, 6) is 0.650. The number of hydrogen-bond donors (Lipinski definition) is 1. The minimum Gasteiger partial charge on any atom is -0.383 e. The van der Waals surface area contributed by atoms with E-state index in [1.807, 2.05) is 39.5 Å². The van der Waals surface area contributed by atoms with E-state index in [1.165, 1.54) is 6.26 Å². The highest BCUT2D eigenvalue weighted by Gasteiger charge is 2.30. The number of rotatable bonds is 4. The molecule has 0 aliphatic carbocycles. The van der Waals surface area contributed by atoms with Gasteiger partial charge < -0.3 is 10.6 Å². The zero-order chi connectivity index (χ0) is 15.0. The van der Waals surface area contributed by atoms with E-state index in [9.17, 15) is 8.42 Å². The van der Waals surface area contributed by atoms with Crippen LogP contribution in [0.3, 0.4) is 0 Å². The Morgan fingerprint density at radius 2 is 1.74 bits per heavy atom. The maximum Gasteiger partial charge on any atom is 0.182 e. The predicted octanol–water partition coefficient (Wildman–Crippen LogP) is 1.47. The van der Waals surface area contributed by atoms with Crippen molar-refractivity contribution in [1.29, 1.82) is 0 Å². The summed E-state index contributed by atoms with van der Waals surface area (Å²) in [4.78, 5) is 2.03. The van der Waals surface area contributed by atoms with Crippen molar-refractivity contribution in [1.82, 2.24) is 9.78 Å². The Morgan fingerprint density at radius 3 is 2.05 bits per heavy atom. The van der Waals surface area contributed by atoms with Gasteiger partial charge in [0.15, 0.2) is 20.6 Å². The summed E-state index contributed by atoms with van der Waals surface area (Å²) in [6, 6.07) is 0. The van der Waals surface area contributed by atoms with Gasteiger partial charge in [-0.1, -0.05) is 0 Å². The van der Waals surface area contributed by atoms with Crippen molar-refractivity contribution in [3.8, 4) is 0 Å². The molecule has 0 radical (unpaired) electrons. The second-order valence-electron chi connectivity index (χ2n) is 5.57. The third-order valence-corrected chi connectivity index (χ3v) is 4.06. The Bertz CT molecular complexity index is 551. The first-order valence-corrected chi connectivity index (χ1v) is 8.27. The number of aromatic nitrogens is 2. The topological polar surface area (TPSA) is 81.2 Å². The van der Waals surface area contributed by atoms with Crippen LogP contribution < -0.4 is 10.6 Å². The van der Waals surface area contributed by atoms with Gasteiger partial charge in [-0.25, -0.2) is 13.1 Å². The van der Waals surface area contributed by atoms with Crippen molar-refractivity contribution in [3.63, 3.8) is 0 Å². The molecule has 1 aromatic heterocycles. The standard InChI is InChI=1S/C12H24N4O2S/c1-7-15(8-2)11-9(19(6,17)18)10(13)16(14-11)12(3,4)5/h7-8,13H2,1-6H3. The van der Waals surface area contributed by atoms with E-state index < -0.39 is 9.84 Å². The lowest BCUT2D eigenvalue weighted by molar-refractivity contribution is 0.361. The molecular weight excluding hydrogens is 264 g/mol. The molecule has 0 saturated carbocycles. The van der Waals surface area contributed by atoms with E-state index in [0.29, 0.717) is 18.9 Å². The van der Waals surface area contributed by atoms with Crippen LogP contribution in [0.4, 0.5) is 11.6 Å². The van der Waals surface area contributed by atoms with Crippen LogP contribution in [0, 0.1) is 0 Å². The summed E-state index contributed by atoms with van der Waals surface area (Å²) in [5, 5.41) is 4.43. The normalized spacial score (nSPS) is 12.7. The average molecular weight is 288 g/mol. The van der Waals surface area contributed by atoms with Gasteiger partial charge in [0.05, 0.1) is 5.54 Å². The number of hydrogen-bond acceptors (Lipinski definition) is 5. The van der Waals surface area contributed by atoms with Crippen LogP contribution in [0.5, 0.6) is 0 Å².